The summed E-state index contributed by atoms with van der Waals surface area (Å²) in [6.45, 7) is 6.67. The molecule has 0 amide bonds. The van der Waals surface area contributed by atoms with Gasteiger partial charge in [-0.15, -0.1) is 24.0 Å². The zero-order chi connectivity index (χ0) is 20.3. The van der Waals surface area contributed by atoms with Gasteiger partial charge in [0.05, 0.1) is 13.2 Å². The van der Waals surface area contributed by atoms with E-state index in [1.807, 2.05) is 27.7 Å². The summed E-state index contributed by atoms with van der Waals surface area (Å²) in [6, 6.07) is 4.85. The van der Waals surface area contributed by atoms with Gasteiger partial charge in [0.15, 0.2) is 5.96 Å². The molecular weight excluding hydrogens is 483 g/mol. The Kier molecular flexibility index (Phi) is 13.1. The Morgan fingerprint density at radius 3 is 2.54 bits per heavy atom. The van der Waals surface area contributed by atoms with E-state index in [0.29, 0.717) is 37.0 Å². The van der Waals surface area contributed by atoms with E-state index >= 15 is 0 Å². The number of nitrogens with one attached hydrogen (secondary N) is 2. The number of ether oxygens (including phenoxy) is 2. The second kappa shape index (κ2) is 13.8. The van der Waals surface area contributed by atoms with Gasteiger partial charge in [0, 0.05) is 36.7 Å². The Bertz CT molecular complexity index is 602. The molecule has 1 aromatic carbocycles. The highest BCUT2D eigenvalue weighted by Crippen LogP contribution is 2.27. The highest BCUT2D eigenvalue weighted by Gasteiger charge is 2.17. The molecule has 0 aliphatic heterocycles. The van der Waals surface area contributed by atoms with Gasteiger partial charge < -0.3 is 25.2 Å². The predicted molar refractivity (Wildman–Crippen MR) is 118 cm³/mol. The van der Waals surface area contributed by atoms with Crippen LogP contribution in [0.4, 0.5) is 8.78 Å². The zero-order valence-corrected chi connectivity index (χ0v) is 19.3. The van der Waals surface area contributed by atoms with Crippen LogP contribution in [-0.4, -0.2) is 44.0 Å². The third-order valence-corrected chi connectivity index (χ3v) is 3.64. The summed E-state index contributed by atoms with van der Waals surface area (Å²) in [4.78, 5) is 4.43. The third-order valence-electron chi connectivity index (χ3n) is 3.64. The van der Waals surface area contributed by atoms with Crippen LogP contribution in [0.5, 0.6) is 11.5 Å². The molecule has 0 atom stereocenters. The van der Waals surface area contributed by atoms with Crippen molar-refractivity contribution in [1.29, 1.82) is 0 Å². The zero-order valence-electron chi connectivity index (χ0n) is 16.9. The minimum Gasteiger partial charge on any atom is -0.493 e. The summed E-state index contributed by atoms with van der Waals surface area (Å²) < 4.78 is 35.6. The molecule has 1 aromatic rings. The minimum atomic E-state index is -2.93. The van der Waals surface area contributed by atoms with E-state index in [4.69, 9.17) is 4.74 Å². The Labute approximate surface area is 183 Å². The van der Waals surface area contributed by atoms with E-state index in [-0.39, 0.29) is 48.3 Å². The van der Waals surface area contributed by atoms with Crippen molar-refractivity contribution in [1.82, 2.24) is 10.6 Å². The molecule has 0 aliphatic carbocycles. The van der Waals surface area contributed by atoms with Gasteiger partial charge >= 0.3 is 6.61 Å². The van der Waals surface area contributed by atoms with Gasteiger partial charge in [-0.2, -0.15) is 8.78 Å². The highest BCUT2D eigenvalue weighted by molar-refractivity contribution is 14.0. The lowest BCUT2D eigenvalue weighted by Gasteiger charge is -2.23. The van der Waals surface area contributed by atoms with Crippen LogP contribution in [0.25, 0.3) is 0 Å². The fraction of sp³-hybridized carbons (Fsp3) is 0.632. The van der Waals surface area contributed by atoms with Crippen LogP contribution in [0.3, 0.4) is 0 Å². The monoisotopic (exact) mass is 515 g/mol. The molecule has 0 bridgehead atoms. The average Bonchev–Trinajstić information content (AvgIpc) is 2.63. The number of aliphatic imine (C=N–C) groups is 1. The molecule has 0 fully saturated rings. The summed E-state index contributed by atoms with van der Waals surface area (Å²) in [6.07, 6.45) is 0.818. The second-order valence-electron chi connectivity index (χ2n) is 6.87. The van der Waals surface area contributed by atoms with Crippen molar-refractivity contribution in [2.45, 2.75) is 47.3 Å². The van der Waals surface area contributed by atoms with Crippen LogP contribution in [0.1, 0.15) is 39.7 Å². The van der Waals surface area contributed by atoms with Crippen molar-refractivity contribution in [2.75, 3.05) is 26.3 Å². The molecule has 28 heavy (non-hydrogen) atoms. The number of nitrogens with zero attached hydrogens (tertiary/aromatic N) is 1. The molecule has 3 N–H and O–H groups in total. The summed E-state index contributed by atoms with van der Waals surface area (Å²) in [5, 5.41) is 15.6. The summed E-state index contributed by atoms with van der Waals surface area (Å²) in [7, 11) is 0. The van der Waals surface area contributed by atoms with E-state index in [2.05, 4.69) is 20.4 Å². The van der Waals surface area contributed by atoms with Gasteiger partial charge in [0.2, 0.25) is 0 Å². The molecule has 0 aromatic heterocycles. The van der Waals surface area contributed by atoms with Crippen LogP contribution in [-0.2, 0) is 6.54 Å². The standard InChI is InChI=1S/C19H31F2N3O3.HI/c1-5-9-26-15-8-7-14(16(10-15)27-17(20)21)11-23-18(22-6-2)24-12-19(3,4)13-25;/h7-8,10,17,25H,5-6,9,11-13H2,1-4H3,(H2,22,23,24);1H. The maximum Gasteiger partial charge on any atom is 0.387 e. The smallest absolute Gasteiger partial charge is 0.387 e. The maximum absolute atomic E-state index is 12.7. The highest BCUT2D eigenvalue weighted by atomic mass is 127. The second-order valence-corrected chi connectivity index (χ2v) is 6.87. The Balaban J connectivity index is 0.00000729. The van der Waals surface area contributed by atoms with Gasteiger partial charge in [-0.25, -0.2) is 4.99 Å². The number of aliphatic hydroxyl groups is 1. The van der Waals surface area contributed by atoms with E-state index in [9.17, 15) is 13.9 Å². The Hall–Kier alpha value is -1.36. The van der Waals surface area contributed by atoms with E-state index < -0.39 is 6.61 Å². The van der Waals surface area contributed by atoms with Gasteiger partial charge in [0.25, 0.3) is 0 Å². The number of rotatable bonds is 11. The molecule has 9 heteroatoms. The van der Waals surface area contributed by atoms with Gasteiger partial charge in [0.1, 0.15) is 11.5 Å². The van der Waals surface area contributed by atoms with Crippen molar-refractivity contribution in [2.24, 2.45) is 10.4 Å². The fourth-order valence-electron chi connectivity index (χ4n) is 2.07. The number of benzene rings is 1. The van der Waals surface area contributed by atoms with Gasteiger partial charge in [-0.05, 0) is 25.5 Å². The molecule has 0 aliphatic rings. The molecule has 0 unspecified atom stereocenters. The quantitative estimate of drug-likeness (QED) is 0.238. The first-order valence-electron chi connectivity index (χ1n) is 9.15. The van der Waals surface area contributed by atoms with Crippen LogP contribution < -0.4 is 20.1 Å². The molecular formula is C19H32F2IN3O3. The fourth-order valence-corrected chi connectivity index (χ4v) is 2.07. The maximum atomic E-state index is 12.7. The first-order chi connectivity index (χ1) is 12.8. The Morgan fingerprint density at radius 1 is 1.25 bits per heavy atom. The largest absolute Gasteiger partial charge is 0.493 e. The Morgan fingerprint density at radius 2 is 1.96 bits per heavy atom. The third kappa shape index (κ3) is 10.3. The van der Waals surface area contributed by atoms with Crippen LogP contribution in [0.15, 0.2) is 23.2 Å². The molecule has 1 rings (SSSR count). The summed E-state index contributed by atoms with van der Waals surface area (Å²) in [5.74, 6) is 1.07. The number of hydrogen-bond acceptors (Lipinski definition) is 4. The minimum absolute atomic E-state index is 0. The number of halogens is 3. The molecule has 0 saturated carbocycles. The lowest BCUT2D eigenvalue weighted by molar-refractivity contribution is -0.0505. The topological polar surface area (TPSA) is 75.1 Å². The van der Waals surface area contributed by atoms with Crippen LogP contribution in [0, 0.1) is 5.41 Å². The first-order valence-corrected chi connectivity index (χ1v) is 9.15. The SMILES string of the molecule is CCCOc1ccc(CN=C(NCC)NCC(C)(C)CO)c(OC(F)F)c1.I. The van der Waals surface area contributed by atoms with Crippen LogP contribution >= 0.6 is 24.0 Å². The number of alkyl halides is 2. The lowest BCUT2D eigenvalue weighted by atomic mass is 9.95. The van der Waals surface area contributed by atoms with Crippen LogP contribution in [0.2, 0.25) is 0 Å². The number of aliphatic hydroxyl groups excluding tert-OH is 1. The van der Waals surface area contributed by atoms with Crippen molar-refractivity contribution < 1.29 is 23.4 Å². The summed E-state index contributed by atoms with van der Waals surface area (Å²) >= 11 is 0. The van der Waals surface area contributed by atoms with Gasteiger partial charge in [-0.1, -0.05) is 20.8 Å². The molecule has 162 valence electrons. The predicted octanol–water partition coefficient (Wildman–Crippen LogP) is 3.77. The molecule has 0 spiro atoms. The summed E-state index contributed by atoms with van der Waals surface area (Å²) in [5.41, 5.74) is 0.219. The molecule has 0 saturated heterocycles. The van der Waals surface area contributed by atoms with Crippen molar-refractivity contribution in [3.63, 3.8) is 0 Å². The molecule has 0 radical (unpaired) electrons. The first kappa shape index (κ1) is 26.6. The van der Waals surface area contributed by atoms with E-state index in [1.54, 1.807) is 12.1 Å². The number of hydrogen-bond donors (Lipinski definition) is 3. The average molecular weight is 515 g/mol. The van der Waals surface area contributed by atoms with E-state index in [0.717, 1.165) is 6.42 Å². The lowest BCUT2D eigenvalue weighted by Crippen LogP contribution is -2.43. The van der Waals surface area contributed by atoms with Gasteiger partial charge in [-0.3, -0.25) is 0 Å². The van der Waals surface area contributed by atoms with Crippen molar-refractivity contribution >= 4 is 29.9 Å². The van der Waals surface area contributed by atoms with E-state index in [1.165, 1.54) is 6.07 Å². The normalized spacial score (nSPS) is 11.8. The van der Waals surface area contributed by atoms with Crippen molar-refractivity contribution in [3.8, 4) is 11.5 Å². The van der Waals surface area contributed by atoms with Crippen molar-refractivity contribution in [3.05, 3.63) is 23.8 Å². The molecule has 6 nitrogen and oxygen atoms in total. The number of guanidine groups is 1. The molecule has 0 heterocycles.